The quantitative estimate of drug-likeness (QED) is 0.391. The molecular formula is C24H20N2O2. The van der Waals surface area contributed by atoms with Crippen molar-refractivity contribution < 1.29 is 9.84 Å². The smallest absolute Gasteiger partial charge is 0.146 e. The molecule has 4 aromatic carbocycles. The minimum Gasteiger partial charge on any atom is -0.506 e. The van der Waals surface area contributed by atoms with Crippen LogP contribution in [-0.4, -0.2) is 11.7 Å². The van der Waals surface area contributed by atoms with E-state index in [-0.39, 0.29) is 5.75 Å². The molecule has 0 saturated carbocycles. The first-order chi connectivity index (χ1) is 13.8. The Bertz CT molecular complexity index is 1110. The SMILES string of the molecule is Oc1ccc2ccccc2c1N=Nc1ccccc1OCCc1ccccc1. The molecule has 4 heteroatoms. The van der Waals surface area contributed by atoms with Crippen molar-refractivity contribution in [2.45, 2.75) is 6.42 Å². The van der Waals surface area contributed by atoms with Crippen LogP contribution < -0.4 is 4.74 Å². The number of fused-ring (bicyclic) bond motifs is 1. The highest BCUT2D eigenvalue weighted by molar-refractivity contribution is 5.95. The molecule has 0 atom stereocenters. The molecule has 0 aliphatic heterocycles. The van der Waals surface area contributed by atoms with Gasteiger partial charge >= 0.3 is 0 Å². The lowest BCUT2D eigenvalue weighted by Gasteiger charge is -2.08. The van der Waals surface area contributed by atoms with Gasteiger partial charge in [-0.25, -0.2) is 0 Å². The molecule has 1 N–H and O–H groups in total. The van der Waals surface area contributed by atoms with Crippen LogP contribution in [0.1, 0.15) is 5.56 Å². The predicted octanol–water partition coefficient (Wildman–Crippen LogP) is 6.58. The van der Waals surface area contributed by atoms with Crippen LogP contribution in [0.2, 0.25) is 0 Å². The number of hydrogen-bond acceptors (Lipinski definition) is 4. The number of hydrogen-bond donors (Lipinski definition) is 1. The van der Waals surface area contributed by atoms with Crippen molar-refractivity contribution >= 4 is 22.1 Å². The molecule has 4 nitrogen and oxygen atoms in total. The third kappa shape index (κ3) is 4.01. The van der Waals surface area contributed by atoms with Crippen molar-refractivity contribution in [1.29, 1.82) is 0 Å². The normalized spacial score (nSPS) is 11.1. The van der Waals surface area contributed by atoms with Gasteiger partial charge in [0.25, 0.3) is 0 Å². The molecular weight excluding hydrogens is 348 g/mol. The molecule has 0 aliphatic carbocycles. The highest BCUT2D eigenvalue weighted by atomic mass is 16.5. The minimum absolute atomic E-state index is 0.102. The van der Waals surface area contributed by atoms with Gasteiger partial charge in [-0.05, 0) is 29.1 Å². The summed E-state index contributed by atoms with van der Waals surface area (Å²) in [5.41, 5.74) is 2.31. The fourth-order valence-corrected chi connectivity index (χ4v) is 3.04. The van der Waals surface area contributed by atoms with E-state index in [4.69, 9.17) is 4.74 Å². The number of phenols is 1. The zero-order valence-electron chi connectivity index (χ0n) is 15.3. The highest BCUT2D eigenvalue weighted by Crippen LogP contribution is 2.37. The van der Waals surface area contributed by atoms with E-state index in [2.05, 4.69) is 22.4 Å². The van der Waals surface area contributed by atoms with E-state index in [1.165, 1.54) is 5.56 Å². The Kier molecular flexibility index (Phi) is 5.29. The summed E-state index contributed by atoms with van der Waals surface area (Å²) in [4.78, 5) is 0. The Morgan fingerprint density at radius 2 is 1.46 bits per heavy atom. The van der Waals surface area contributed by atoms with E-state index in [0.717, 1.165) is 17.2 Å². The number of nitrogens with zero attached hydrogens (tertiary/aromatic N) is 2. The van der Waals surface area contributed by atoms with E-state index < -0.39 is 0 Å². The fraction of sp³-hybridized carbons (Fsp3) is 0.0833. The van der Waals surface area contributed by atoms with Gasteiger partial charge in [0.15, 0.2) is 0 Å². The number of para-hydroxylation sites is 1. The molecule has 4 rings (SSSR count). The van der Waals surface area contributed by atoms with E-state index >= 15 is 0 Å². The molecule has 0 radical (unpaired) electrons. The number of ether oxygens (including phenoxy) is 1. The molecule has 0 spiro atoms. The number of aromatic hydroxyl groups is 1. The molecule has 0 saturated heterocycles. The van der Waals surface area contributed by atoms with Crippen molar-refractivity contribution in [3.63, 3.8) is 0 Å². The first kappa shape index (κ1) is 17.7. The number of rotatable bonds is 6. The summed E-state index contributed by atoms with van der Waals surface area (Å²) in [6, 6.07) is 29.0. The largest absolute Gasteiger partial charge is 0.506 e. The molecule has 0 amide bonds. The van der Waals surface area contributed by atoms with Crippen molar-refractivity contribution in [2.24, 2.45) is 10.2 Å². The lowest BCUT2D eigenvalue weighted by atomic mass is 10.1. The number of benzene rings is 4. The minimum atomic E-state index is 0.102. The molecule has 0 heterocycles. The van der Waals surface area contributed by atoms with Gasteiger partial charge in [-0.1, -0.05) is 72.8 Å². The average molecular weight is 368 g/mol. The van der Waals surface area contributed by atoms with Gasteiger partial charge in [0, 0.05) is 11.8 Å². The summed E-state index contributed by atoms with van der Waals surface area (Å²) in [7, 11) is 0. The van der Waals surface area contributed by atoms with Crippen LogP contribution in [0.15, 0.2) is 101 Å². The molecule has 0 aromatic heterocycles. The van der Waals surface area contributed by atoms with Gasteiger partial charge < -0.3 is 9.84 Å². The van der Waals surface area contributed by atoms with Crippen molar-refractivity contribution in [3.05, 3.63) is 96.6 Å². The fourth-order valence-electron chi connectivity index (χ4n) is 3.04. The summed E-state index contributed by atoms with van der Waals surface area (Å²) < 4.78 is 5.93. The monoisotopic (exact) mass is 368 g/mol. The summed E-state index contributed by atoms with van der Waals surface area (Å²) in [6.07, 6.45) is 0.816. The van der Waals surface area contributed by atoms with Gasteiger partial charge in [-0.3, -0.25) is 0 Å². The van der Waals surface area contributed by atoms with Gasteiger partial charge in [-0.15, -0.1) is 10.2 Å². The predicted molar refractivity (Wildman–Crippen MR) is 112 cm³/mol. The molecule has 0 unspecified atom stereocenters. The van der Waals surface area contributed by atoms with Crippen LogP contribution >= 0.6 is 0 Å². The second kappa shape index (κ2) is 8.35. The van der Waals surface area contributed by atoms with Gasteiger partial charge in [0.2, 0.25) is 0 Å². The third-order valence-corrected chi connectivity index (χ3v) is 4.49. The highest BCUT2D eigenvalue weighted by Gasteiger charge is 2.07. The zero-order valence-corrected chi connectivity index (χ0v) is 15.3. The van der Waals surface area contributed by atoms with Gasteiger partial charge in [0.1, 0.15) is 22.9 Å². The molecule has 0 fully saturated rings. The molecule has 28 heavy (non-hydrogen) atoms. The first-order valence-electron chi connectivity index (χ1n) is 9.19. The Balaban J connectivity index is 1.55. The number of azo groups is 1. The van der Waals surface area contributed by atoms with Crippen LogP contribution in [0.25, 0.3) is 10.8 Å². The summed E-state index contributed by atoms with van der Waals surface area (Å²) in [5.74, 6) is 0.770. The Morgan fingerprint density at radius 1 is 0.714 bits per heavy atom. The van der Waals surface area contributed by atoms with E-state index in [1.807, 2.05) is 72.8 Å². The Labute approximate surface area is 163 Å². The van der Waals surface area contributed by atoms with Crippen LogP contribution in [0, 0.1) is 0 Å². The molecule has 0 aliphatic rings. The summed E-state index contributed by atoms with van der Waals surface area (Å²) in [5, 5.41) is 20.8. The van der Waals surface area contributed by atoms with E-state index in [9.17, 15) is 5.11 Å². The van der Waals surface area contributed by atoms with Crippen molar-refractivity contribution in [2.75, 3.05) is 6.61 Å². The third-order valence-electron chi connectivity index (χ3n) is 4.49. The number of phenolic OH excluding ortho intramolecular Hbond substituents is 1. The standard InChI is InChI=1S/C24H20N2O2/c27-22-15-14-19-10-4-5-11-20(19)24(22)26-25-21-12-6-7-13-23(21)28-17-16-18-8-2-1-3-9-18/h1-15,27H,16-17H2. The molecule has 138 valence electrons. The average Bonchev–Trinajstić information content (AvgIpc) is 2.75. The Hall–Kier alpha value is -3.66. The maximum absolute atomic E-state index is 10.2. The lowest BCUT2D eigenvalue weighted by Crippen LogP contribution is -2.01. The van der Waals surface area contributed by atoms with Crippen molar-refractivity contribution in [1.82, 2.24) is 0 Å². The van der Waals surface area contributed by atoms with Crippen LogP contribution in [-0.2, 0) is 6.42 Å². The molecule has 0 bridgehead atoms. The lowest BCUT2D eigenvalue weighted by molar-refractivity contribution is 0.323. The second-order valence-corrected chi connectivity index (χ2v) is 6.41. The topological polar surface area (TPSA) is 54.2 Å². The second-order valence-electron chi connectivity index (χ2n) is 6.41. The van der Waals surface area contributed by atoms with Gasteiger partial charge in [0.05, 0.1) is 6.61 Å². The first-order valence-corrected chi connectivity index (χ1v) is 9.19. The van der Waals surface area contributed by atoms with Crippen LogP contribution in [0.5, 0.6) is 11.5 Å². The zero-order chi connectivity index (χ0) is 19.2. The summed E-state index contributed by atoms with van der Waals surface area (Å²) in [6.45, 7) is 0.552. The summed E-state index contributed by atoms with van der Waals surface area (Å²) >= 11 is 0. The molecule has 4 aromatic rings. The maximum Gasteiger partial charge on any atom is 0.146 e. The maximum atomic E-state index is 10.2. The van der Waals surface area contributed by atoms with Crippen LogP contribution in [0.3, 0.4) is 0 Å². The van der Waals surface area contributed by atoms with Crippen LogP contribution in [0.4, 0.5) is 11.4 Å². The van der Waals surface area contributed by atoms with Gasteiger partial charge in [-0.2, -0.15) is 0 Å². The Morgan fingerprint density at radius 3 is 2.36 bits per heavy atom. The van der Waals surface area contributed by atoms with E-state index in [0.29, 0.717) is 23.7 Å². The van der Waals surface area contributed by atoms with E-state index in [1.54, 1.807) is 6.07 Å². The van der Waals surface area contributed by atoms with Crippen molar-refractivity contribution in [3.8, 4) is 11.5 Å².